The third-order valence-electron chi connectivity index (χ3n) is 2.55. The first-order chi connectivity index (χ1) is 7.53. The van der Waals surface area contributed by atoms with Crippen molar-refractivity contribution in [3.05, 3.63) is 23.8 Å². The molecule has 0 bridgehead atoms. The maximum atomic E-state index is 11.6. The van der Waals surface area contributed by atoms with Gasteiger partial charge in [0.15, 0.2) is 0 Å². The number of sulfonamides is 1. The molecule has 0 unspecified atom stereocenters. The molecule has 0 spiro atoms. The van der Waals surface area contributed by atoms with Gasteiger partial charge in [-0.05, 0) is 37.2 Å². The summed E-state index contributed by atoms with van der Waals surface area (Å²) < 4.78 is 25.4. The van der Waals surface area contributed by atoms with Crippen LogP contribution < -0.4 is 10.0 Å². The fraction of sp³-hybridized carbons (Fsp3) is 0.300. The second-order valence-electron chi connectivity index (χ2n) is 3.57. The van der Waals surface area contributed by atoms with Gasteiger partial charge in [0.25, 0.3) is 0 Å². The molecule has 0 atom stereocenters. The number of anilines is 1. The van der Waals surface area contributed by atoms with E-state index in [1.54, 1.807) is 12.1 Å². The van der Waals surface area contributed by atoms with Gasteiger partial charge in [-0.3, -0.25) is 4.79 Å². The molecule has 1 aromatic carbocycles. The first-order valence-corrected chi connectivity index (χ1v) is 6.37. The standard InChI is InChI=1S/C10H12N2O3S/c1-11-16(14,15)8-3-4-9-7(6-8)2-5-10(13)12-9/h3-4,6,11H,2,5H2,1H3,(H,12,13). The van der Waals surface area contributed by atoms with Gasteiger partial charge in [0.1, 0.15) is 0 Å². The molecule has 0 fully saturated rings. The molecule has 0 saturated carbocycles. The van der Waals surface area contributed by atoms with Crippen molar-refractivity contribution in [2.75, 3.05) is 12.4 Å². The SMILES string of the molecule is CNS(=O)(=O)c1ccc2c(c1)CCC(=O)N2. The van der Waals surface area contributed by atoms with E-state index in [0.29, 0.717) is 18.5 Å². The third-order valence-corrected chi connectivity index (χ3v) is 3.96. The van der Waals surface area contributed by atoms with Crippen molar-refractivity contribution in [1.82, 2.24) is 4.72 Å². The fourth-order valence-electron chi connectivity index (χ4n) is 1.64. The van der Waals surface area contributed by atoms with E-state index in [9.17, 15) is 13.2 Å². The first-order valence-electron chi connectivity index (χ1n) is 4.89. The van der Waals surface area contributed by atoms with Crippen LogP contribution in [0, 0.1) is 0 Å². The highest BCUT2D eigenvalue weighted by Crippen LogP contribution is 2.25. The van der Waals surface area contributed by atoms with Gasteiger partial charge in [0.05, 0.1) is 4.90 Å². The van der Waals surface area contributed by atoms with E-state index < -0.39 is 10.0 Å². The van der Waals surface area contributed by atoms with Crippen LogP contribution in [0.5, 0.6) is 0 Å². The van der Waals surface area contributed by atoms with Gasteiger partial charge in [0, 0.05) is 12.1 Å². The number of fused-ring (bicyclic) bond motifs is 1. The summed E-state index contributed by atoms with van der Waals surface area (Å²) in [6.45, 7) is 0. The van der Waals surface area contributed by atoms with Crippen LogP contribution in [0.15, 0.2) is 23.1 Å². The van der Waals surface area contributed by atoms with Gasteiger partial charge in [-0.1, -0.05) is 0 Å². The third kappa shape index (κ3) is 1.94. The molecular weight excluding hydrogens is 228 g/mol. The van der Waals surface area contributed by atoms with Gasteiger partial charge in [0.2, 0.25) is 15.9 Å². The van der Waals surface area contributed by atoms with E-state index >= 15 is 0 Å². The van der Waals surface area contributed by atoms with Crippen LogP contribution in [0.1, 0.15) is 12.0 Å². The Bertz CT molecular complexity index is 537. The van der Waals surface area contributed by atoms with E-state index in [1.165, 1.54) is 13.1 Å². The molecule has 5 nitrogen and oxygen atoms in total. The summed E-state index contributed by atoms with van der Waals surface area (Å²) in [5, 5.41) is 2.70. The normalized spacial score (nSPS) is 15.4. The number of rotatable bonds is 2. The van der Waals surface area contributed by atoms with Crippen molar-refractivity contribution in [1.29, 1.82) is 0 Å². The monoisotopic (exact) mass is 240 g/mol. The highest BCUT2D eigenvalue weighted by Gasteiger charge is 2.18. The lowest BCUT2D eigenvalue weighted by atomic mass is 10.0. The van der Waals surface area contributed by atoms with Crippen LogP contribution in [0.2, 0.25) is 0 Å². The maximum Gasteiger partial charge on any atom is 0.240 e. The van der Waals surface area contributed by atoms with E-state index in [4.69, 9.17) is 0 Å². The molecule has 1 amide bonds. The topological polar surface area (TPSA) is 75.3 Å². The molecule has 1 aliphatic heterocycles. The summed E-state index contributed by atoms with van der Waals surface area (Å²) in [5.41, 5.74) is 1.56. The van der Waals surface area contributed by atoms with Crippen molar-refractivity contribution in [3.8, 4) is 0 Å². The first kappa shape index (κ1) is 11.1. The molecule has 1 aliphatic rings. The summed E-state index contributed by atoms with van der Waals surface area (Å²) in [4.78, 5) is 11.3. The van der Waals surface area contributed by atoms with E-state index in [2.05, 4.69) is 10.0 Å². The highest BCUT2D eigenvalue weighted by atomic mass is 32.2. The Kier molecular flexibility index (Phi) is 2.69. The van der Waals surface area contributed by atoms with Crippen LogP contribution in [0.3, 0.4) is 0 Å². The number of carbonyl (C=O) groups is 1. The Hall–Kier alpha value is -1.40. The lowest BCUT2D eigenvalue weighted by molar-refractivity contribution is -0.116. The van der Waals surface area contributed by atoms with Crippen molar-refractivity contribution in [2.45, 2.75) is 17.7 Å². The minimum absolute atomic E-state index is 0.0308. The van der Waals surface area contributed by atoms with E-state index in [0.717, 1.165) is 5.56 Å². The van der Waals surface area contributed by atoms with Crippen molar-refractivity contribution in [3.63, 3.8) is 0 Å². The number of nitrogens with one attached hydrogen (secondary N) is 2. The Morgan fingerprint density at radius 1 is 1.31 bits per heavy atom. The summed E-state index contributed by atoms with van der Waals surface area (Å²) in [5.74, 6) is -0.0308. The molecule has 6 heteroatoms. The molecule has 0 saturated heterocycles. The van der Waals surface area contributed by atoms with Crippen LogP contribution in [-0.4, -0.2) is 21.4 Å². The minimum Gasteiger partial charge on any atom is -0.326 e. The van der Waals surface area contributed by atoms with Crippen molar-refractivity contribution >= 4 is 21.6 Å². The van der Waals surface area contributed by atoms with Gasteiger partial charge >= 0.3 is 0 Å². The molecule has 86 valence electrons. The molecule has 2 N–H and O–H groups in total. The average molecular weight is 240 g/mol. The summed E-state index contributed by atoms with van der Waals surface area (Å²) >= 11 is 0. The van der Waals surface area contributed by atoms with Crippen molar-refractivity contribution < 1.29 is 13.2 Å². The van der Waals surface area contributed by atoms with E-state index in [1.807, 2.05) is 0 Å². The Balaban J connectivity index is 2.45. The zero-order chi connectivity index (χ0) is 11.8. The van der Waals surface area contributed by atoms with Gasteiger partial charge in [-0.2, -0.15) is 0 Å². The number of amides is 1. The smallest absolute Gasteiger partial charge is 0.240 e. The molecule has 0 aromatic heterocycles. The van der Waals surface area contributed by atoms with Crippen LogP contribution in [0.4, 0.5) is 5.69 Å². The zero-order valence-corrected chi connectivity index (χ0v) is 9.60. The predicted octanol–water partition coefficient (Wildman–Crippen LogP) is 0.479. The Labute approximate surface area is 93.9 Å². The molecular formula is C10H12N2O3S. The minimum atomic E-state index is -3.41. The van der Waals surface area contributed by atoms with E-state index in [-0.39, 0.29) is 10.8 Å². The molecule has 1 aromatic rings. The molecule has 2 rings (SSSR count). The fourth-order valence-corrected chi connectivity index (χ4v) is 2.43. The number of hydrogen-bond donors (Lipinski definition) is 2. The number of aryl methyl sites for hydroxylation is 1. The van der Waals surface area contributed by atoms with Crippen LogP contribution >= 0.6 is 0 Å². The molecule has 1 heterocycles. The summed E-state index contributed by atoms with van der Waals surface area (Å²) in [6, 6.07) is 4.70. The molecule has 0 radical (unpaired) electrons. The Morgan fingerprint density at radius 2 is 2.06 bits per heavy atom. The van der Waals surface area contributed by atoms with Crippen molar-refractivity contribution in [2.24, 2.45) is 0 Å². The molecule has 0 aliphatic carbocycles. The number of carbonyl (C=O) groups excluding carboxylic acids is 1. The lowest BCUT2D eigenvalue weighted by Gasteiger charge is -2.17. The van der Waals surface area contributed by atoms with Crippen LogP contribution in [0.25, 0.3) is 0 Å². The van der Waals surface area contributed by atoms with Crippen LogP contribution in [-0.2, 0) is 21.2 Å². The average Bonchev–Trinajstić information content (AvgIpc) is 2.28. The van der Waals surface area contributed by atoms with Gasteiger partial charge in [-0.15, -0.1) is 0 Å². The maximum absolute atomic E-state index is 11.6. The second kappa shape index (κ2) is 3.88. The second-order valence-corrected chi connectivity index (χ2v) is 5.46. The highest BCUT2D eigenvalue weighted by molar-refractivity contribution is 7.89. The van der Waals surface area contributed by atoms with Gasteiger partial charge < -0.3 is 5.32 Å². The number of hydrogen-bond acceptors (Lipinski definition) is 3. The largest absolute Gasteiger partial charge is 0.326 e. The zero-order valence-electron chi connectivity index (χ0n) is 8.78. The lowest BCUT2D eigenvalue weighted by Crippen LogP contribution is -2.21. The Morgan fingerprint density at radius 3 is 2.75 bits per heavy atom. The summed E-state index contributed by atoms with van der Waals surface area (Å²) in [7, 11) is -2.04. The van der Waals surface area contributed by atoms with Gasteiger partial charge in [-0.25, -0.2) is 13.1 Å². The number of benzene rings is 1. The quantitative estimate of drug-likeness (QED) is 0.789. The predicted molar refractivity (Wildman–Crippen MR) is 59.6 cm³/mol. The summed E-state index contributed by atoms with van der Waals surface area (Å²) in [6.07, 6.45) is 0.976. The molecule has 16 heavy (non-hydrogen) atoms.